The minimum Gasteiger partial charge on any atom is -0.497 e. The molecule has 1 atom stereocenters. The maximum atomic E-state index is 13.3. The van der Waals surface area contributed by atoms with Crippen LogP contribution < -0.4 is 10.5 Å². The van der Waals surface area contributed by atoms with E-state index in [9.17, 15) is 9.18 Å². The molecular weight excluding hydrogens is 201 g/mol. The van der Waals surface area contributed by atoms with Gasteiger partial charge in [-0.2, -0.15) is 0 Å². The van der Waals surface area contributed by atoms with E-state index < -0.39 is 17.8 Å². The number of carbonyl (C=O) groups excluding carboxylic acids is 1. The van der Waals surface area contributed by atoms with E-state index in [2.05, 4.69) is 4.74 Å². The molecule has 1 rings (SSSR count). The fraction of sp³-hybridized carbons (Fsp3) is 0.300. The fourth-order valence-corrected chi connectivity index (χ4v) is 1.14. The lowest BCUT2D eigenvalue weighted by molar-refractivity contribution is -0.142. The number of nitrogens with two attached hydrogens (primary N) is 1. The Morgan fingerprint density at radius 2 is 2.13 bits per heavy atom. The molecule has 2 N–H and O–H groups in total. The highest BCUT2D eigenvalue weighted by Gasteiger charge is 2.20. The summed E-state index contributed by atoms with van der Waals surface area (Å²) in [5.41, 5.74) is 5.56. The van der Waals surface area contributed by atoms with Crippen LogP contribution in [-0.2, 0) is 9.53 Å². The summed E-state index contributed by atoms with van der Waals surface area (Å²) in [6.07, 6.45) is 0. The monoisotopic (exact) mass is 213 g/mol. The number of hydrogen-bond acceptors (Lipinski definition) is 4. The zero-order chi connectivity index (χ0) is 11.4. The molecule has 0 unspecified atom stereocenters. The number of ether oxygens (including phenoxy) is 2. The van der Waals surface area contributed by atoms with E-state index >= 15 is 0 Å². The molecule has 4 nitrogen and oxygen atoms in total. The smallest absolute Gasteiger partial charge is 0.327 e. The van der Waals surface area contributed by atoms with Crippen molar-refractivity contribution in [3.63, 3.8) is 0 Å². The normalized spacial score (nSPS) is 12.0. The summed E-state index contributed by atoms with van der Waals surface area (Å²) in [5.74, 6) is -0.818. The fourth-order valence-electron chi connectivity index (χ4n) is 1.14. The first kappa shape index (κ1) is 11.5. The maximum Gasteiger partial charge on any atom is 0.327 e. The van der Waals surface area contributed by atoms with Crippen LogP contribution in [0.3, 0.4) is 0 Å². The molecule has 1 aromatic rings. The first-order valence-corrected chi connectivity index (χ1v) is 4.27. The first-order chi connectivity index (χ1) is 7.10. The van der Waals surface area contributed by atoms with Crippen LogP contribution in [0.2, 0.25) is 0 Å². The zero-order valence-electron chi connectivity index (χ0n) is 8.49. The standard InChI is InChI=1S/C10H12FNO3/c1-14-6-3-4-8(11)7(5-6)9(12)10(13)15-2/h3-5,9H,12H2,1-2H3/t9-/m1/s1. The Morgan fingerprint density at radius 1 is 1.47 bits per heavy atom. The molecule has 82 valence electrons. The number of halogens is 1. The zero-order valence-corrected chi connectivity index (χ0v) is 8.49. The van der Waals surface area contributed by atoms with Crippen LogP contribution in [0.1, 0.15) is 11.6 Å². The minimum absolute atomic E-state index is 0.0567. The van der Waals surface area contributed by atoms with Crippen LogP contribution in [0.15, 0.2) is 18.2 Å². The highest BCUT2D eigenvalue weighted by atomic mass is 19.1. The number of benzene rings is 1. The molecule has 0 aromatic heterocycles. The van der Waals surface area contributed by atoms with Crippen molar-refractivity contribution in [1.82, 2.24) is 0 Å². The van der Waals surface area contributed by atoms with Gasteiger partial charge in [-0.1, -0.05) is 0 Å². The largest absolute Gasteiger partial charge is 0.497 e. The van der Waals surface area contributed by atoms with Crippen molar-refractivity contribution in [3.05, 3.63) is 29.6 Å². The van der Waals surface area contributed by atoms with Gasteiger partial charge in [-0.3, -0.25) is 4.79 Å². The Balaban J connectivity index is 3.06. The second-order valence-corrected chi connectivity index (χ2v) is 2.89. The predicted octanol–water partition coefficient (Wildman–Crippen LogP) is 1.01. The molecule has 0 fully saturated rings. The summed E-state index contributed by atoms with van der Waals surface area (Å²) in [6.45, 7) is 0. The van der Waals surface area contributed by atoms with Crippen LogP contribution >= 0.6 is 0 Å². The Labute approximate surface area is 86.8 Å². The van der Waals surface area contributed by atoms with E-state index in [1.807, 2.05) is 0 Å². The van der Waals surface area contributed by atoms with Gasteiger partial charge in [0.25, 0.3) is 0 Å². The molecular formula is C10H12FNO3. The molecule has 0 bridgehead atoms. The molecule has 0 saturated heterocycles. The van der Waals surface area contributed by atoms with E-state index in [-0.39, 0.29) is 5.56 Å². The molecule has 0 amide bonds. The highest BCUT2D eigenvalue weighted by molar-refractivity contribution is 5.77. The molecule has 0 heterocycles. The highest BCUT2D eigenvalue weighted by Crippen LogP contribution is 2.21. The van der Waals surface area contributed by atoms with Gasteiger partial charge in [-0.15, -0.1) is 0 Å². The third kappa shape index (κ3) is 2.44. The second kappa shape index (κ2) is 4.75. The lowest BCUT2D eigenvalue weighted by atomic mass is 10.1. The van der Waals surface area contributed by atoms with Crippen LogP contribution in [0.4, 0.5) is 4.39 Å². The van der Waals surface area contributed by atoms with Crippen LogP contribution in [-0.4, -0.2) is 20.2 Å². The van der Waals surface area contributed by atoms with Crippen molar-refractivity contribution < 1.29 is 18.7 Å². The molecule has 0 radical (unpaired) electrons. The number of esters is 1. The van der Waals surface area contributed by atoms with Gasteiger partial charge in [0.05, 0.1) is 14.2 Å². The molecule has 0 aliphatic rings. The van der Waals surface area contributed by atoms with Crippen LogP contribution in [0, 0.1) is 5.82 Å². The molecule has 15 heavy (non-hydrogen) atoms. The number of rotatable bonds is 3. The van der Waals surface area contributed by atoms with Crippen molar-refractivity contribution >= 4 is 5.97 Å². The third-order valence-corrected chi connectivity index (χ3v) is 1.99. The molecule has 1 aromatic carbocycles. The minimum atomic E-state index is -1.13. The van der Waals surface area contributed by atoms with E-state index in [0.29, 0.717) is 5.75 Å². The van der Waals surface area contributed by atoms with Gasteiger partial charge in [-0.05, 0) is 18.2 Å². The van der Waals surface area contributed by atoms with Crippen LogP contribution in [0.25, 0.3) is 0 Å². The summed E-state index contributed by atoms with van der Waals surface area (Å²) in [6, 6.07) is 2.88. The quantitative estimate of drug-likeness (QED) is 0.761. The topological polar surface area (TPSA) is 61.5 Å². The van der Waals surface area contributed by atoms with Gasteiger partial charge in [0.2, 0.25) is 0 Å². The lowest BCUT2D eigenvalue weighted by Crippen LogP contribution is -2.23. The van der Waals surface area contributed by atoms with Gasteiger partial charge < -0.3 is 15.2 Å². The van der Waals surface area contributed by atoms with E-state index in [1.54, 1.807) is 0 Å². The van der Waals surface area contributed by atoms with Gasteiger partial charge in [-0.25, -0.2) is 4.39 Å². The maximum absolute atomic E-state index is 13.3. The van der Waals surface area contributed by atoms with Gasteiger partial charge in [0.15, 0.2) is 0 Å². The van der Waals surface area contributed by atoms with E-state index in [0.717, 1.165) is 0 Å². The molecule has 0 aliphatic heterocycles. The van der Waals surface area contributed by atoms with Gasteiger partial charge >= 0.3 is 5.97 Å². The molecule has 0 aliphatic carbocycles. The van der Waals surface area contributed by atoms with Crippen molar-refractivity contribution in [2.75, 3.05) is 14.2 Å². The van der Waals surface area contributed by atoms with Gasteiger partial charge in [0.1, 0.15) is 17.6 Å². The van der Waals surface area contributed by atoms with Gasteiger partial charge in [0, 0.05) is 5.56 Å². The molecule has 0 spiro atoms. The molecule has 5 heteroatoms. The second-order valence-electron chi connectivity index (χ2n) is 2.89. The van der Waals surface area contributed by atoms with Crippen molar-refractivity contribution in [1.29, 1.82) is 0 Å². The first-order valence-electron chi connectivity index (χ1n) is 4.27. The lowest BCUT2D eigenvalue weighted by Gasteiger charge is -2.11. The van der Waals surface area contributed by atoms with E-state index in [1.165, 1.54) is 32.4 Å². The number of carbonyl (C=O) groups is 1. The van der Waals surface area contributed by atoms with Crippen LogP contribution in [0.5, 0.6) is 5.75 Å². The number of methoxy groups -OCH3 is 2. The summed E-state index contributed by atoms with van der Waals surface area (Å²) < 4.78 is 22.6. The van der Waals surface area contributed by atoms with E-state index in [4.69, 9.17) is 10.5 Å². The van der Waals surface area contributed by atoms with Crippen molar-refractivity contribution in [3.8, 4) is 5.75 Å². The Hall–Kier alpha value is -1.62. The Bertz CT molecular complexity index is 368. The summed E-state index contributed by atoms with van der Waals surface area (Å²) >= 11 is 0. The third-order valence-electron chi connectivity index (χ3n) is 1.99. The van der Waals surface area contributed by atoms with Crippen molar-refractivity contribution in [2.24, 2.45) is 5.73 Å². The number of hydrogen-bond donors (Lipinski definition) is 1. The summed E-state index contributed by atoms with van der Waals surface area (Å²) in [4.78, 5) is 11.1. The average molecular weight is 213 g/mol. The predicted molar refractivity (Wildman–Crippen MR) is 51.9 cm³/mol. The van der Waals surface area contributed by atoms with Crippen molar-refractivity contribution in [2.45, 2.75) is 6.04 Å². The summed E-state index contributed by atoms with van der Waals surface area (Å²) in [5, 5.41) is 0. The Kier molecular flexibility index (Phi) is 3.62. The Morgan fingerprint density at radius 3 is 2.67 bits per heavy atom. The summed E-state index contributed by atoms with van der Waals surface area (Å²) in [7, 11) is 2.64. The SMILES string of the molecule is COC(=O)[C@H](N)c1cc(OC)ccc1F. The average Bonchev–Trinajstić information content (AvgIpc) is 2.27. The molecule has 0 saturated carbocycles.